The number of Topliss-reactive ketones (excluding diaryl/α,β-unsaturated/α-hetero) is 1. The fourth-order valence-corrected chi connectivity index (χ4v) is 2.51. The van der Waals surface area contributed by atoms with Gasteiger partial charge in [-0.25, -0.2) is 4.98 Å². The number of halogens is 2. The van der Waals surface area contributed by atoms with Crippen molar-refractivity contribution in [3.63, 3.8) is 0 Å². The van der Waals surface area contributed by atoms with Gasteiger partial charge in [-0.3, -0.25) is 4.79 Å². The first-order valence-corrected chi connectivity index (χ1v) is 6.94. The molecule has 92 valence electrons. The lowest BCUT2D eigenvalue weighted by Gasteiger charge is -2.09. The molecule has 0 aliphatic carbocycles. The Morgan fingerprint density at radius 3 is 2.72 bits per heavy atom. The van der Waals surface area contributed by atoms with E-state index in [9.17, 15) is 4.79 Å². The van der Waals surface area contributed by atoms with Gasteiger partial charge < -0.3 is 5.73 Å². The maximum absolute atomic E-state index is 12.3. The third-order valence-electron chi connectivity index (χ3n) is 2.44. The molecule has 1 heterocycles. The lowest BCUT2D eigenvalue weighted by molar-refractivity contribution is 0.0991. The number of nitrogens with two attached hydrogens (primary N) is 1. The first kappa shape index (κ1) is 13.2. The van der Waals surface area contributed by atoms with Crippen molar-refractivity contribution in [1.82, 2.24) is 4.98 Å². The molecule has 0 aliphatic rings. The zero-order chi connectivity index (χ0) is 13.1. The highest BCUT2D eigenvalue weighted by Gasteiger charge is 2.19. The summed E-state index contributed by atoms with van der Waals surface area (Å²) in [5.41, 5.74) is 7.05. The summed E-state index contributed by atoms with van der Waals surface area (Å²) >= 11 is 6.75. The summed E-state index contributed by atoms with van der Waals surface area (Å²) in [6.07, 6.45) is 1.59. The normalized spacial score (nSPS) is 12.1. The third-order valence-corrected chi connectivity index (χ3v) is 3.87. The average molecular weight is 370 g/mol. The number of nitrogen functional groups attached to an aromatic ring is 1. The molecule has 1 atom stereocenters. The van der Waals surface area contributed by atoms with Gasteiger partial charge in [-0.2, -0.15) is 0 Å². The first-order chi connectivity index (χ1) is 8.58. The standard InChI is InChI=1S/C13H10Br2N2O/c14-10-3-1-2-9(6-10)13(18)12(15)8-4-5-17-11(16)7-8/h1-7,12H,(H2,16,17)/t12-/m0/s1. The number of rotatable bonds is 3. The molecule has 2 aromatic rings. The van der Waals surface area contributed by atoms with Crippen LogP contribution >= 0.6 is 31.9 Å². The van der Waals surface area contributed by atoms with Crippen molar-refractivity contribution >= 4 is 43.5 Å². The number of carbonyl (C=O) groups excluding carboxylic acids is 1. The molecule has 3 nitrogen and oxygen atoms in total. The molecule has 0 bridgehead atoms. The van der Waals surface area contributed by atoms with Crippen LogP contribution in [0, 0.1) is 0 Å². The number of hydrogen-bond acceptors (Lipinski definition) is 3. The average Bonchev–Trinajstić information content (AvgIpc) is 2.37. The molecular weight excluding hydrogens is 360 g/mol. The second kappa shape index (κ2) is 5.63. The van der Waals surface area contributed by atoms with E-state index in [1.165, 1.54) is 0 Å². The molecule has 2 rings (SSSR count). The molecule has 0 amide bonds. The molecule has 2 N–H and O–H groups in total. The Kier molecular flexibility index (Phi) is 4.14. The Morgan fingerprint density at radius 2 is 2.06 bits per heavy atom. The number of anilines is 1. The SMILES string of the molecule is Nc1cc([C@H](Br)C(=O)c2cccc(Br)c2)ccn1. The van der Waals surface area contributed by atoms with Crippen molar-refractivity contribution in [1.29, 1.82) is 0 Å². The van der Waals surface area contributed by atoms with Crippen LogP contribution in [0.3, 0.4) is 0 Å². The van der Waals surface area contributed by atoms with Crippen LogP contribution in [0.5, 0.6) is 0 Å². The molecule has 0 spiro atoms. The van der Waals surface area contributed by atoms with Crippen LogP contribution in [0.1, 0.15) is 20.7 Å². The van der Waals surface area contributed by atoms with E-state index in [0.717, 1.165) is 10.0 Å². The maximum atomic E-state index is 12.3. The van der Waals surface area contributed by atoms with Gasteiger partial charge in [0.2, 0.25) is 0 Å². The molecule has 5 heteroatoms. The number of nitrogens with zero attached hydrogens (tertiary/aromatic N) is 1. The van der Waals surface area contributed by atoms with Crippen molar-refractivity contribution in [3.05, 3.63) is 58.2 Å². The quantitative estimate of drug-likeness (QED) is 0.662. The highest BCUT2D eigenvalue weighted by Crippen LogP contribution is 2.28. The monoisotopic (exact) mass is 368 g/mol. The molecule has 0 saturated heterocycles. The van der Waals surface area contributed by atoms with Gasteiger partial charge in [-0.05, 0) is 29.8 Å². The summed E-state index contributed by atoms with van der Waals surface area (Å²) in [4.78, 5) is 15.8. The van der Waals surface area contributed by atoms with Crippen LogP contribution in [-0.4, -0.2) is 10.8 Å². The van der Waals surface area contributed by atoms with Gasteiger partial charge in [0.15, 0.2) is 5.78 Å². The Bertz CT molecular complexity index is 587. The second-order valence-corrected chi connectivity index (χ2v) is 5.58. The summed E-state index contributed by atoms with van der Waals surface area (Å²) in [5.74, 6) is 0.390. The summed E-state index contributed by atoms with van der Waals surface area (Å²) in [7, 11) is 0. The minimum atomic E-state index is -0.419. The fourth-order valence-electron chi connectivity index (χ4n) is 1.56. The summed E-state index contributed by atoms with van der Waals surface area (Å²) in [6.45, 7) is 0. The zero-order valence-corrected chi connectivity index (χ0v) is 12.5. The minimum absolute atomic E-state index is 0.0121. The van der Waals surface area contributed by atoms with Crippen molar-refractivity contribution in [2.75, 3.05) is 5.73 Å². The number of hydrogen-bond donors (Lipinski definition) is 1. The molecule has 1 aromatic heterocycles. The number of carbonyl (C=O) groups is 1. The summed E-state index contributed by atoms with van der Waals surface area (Å²) in [6, 6.07) is 10.7. The number of aromatic nitrogens is 1. The maximum Gasteiger partial charge on any atom is 0.180 e. The van der Waals surface area contributed by atoms with Crippen LogP contribution in [0.25, 0.3) is 0 Å². The van der Waals surface area contributed by atoms with E-state index >= 15 is 0 Å². The van der Waals surface area contributed by atoms with Crippen molar-refractivity contribution in [2.24, 2.45) is 0 Å². The van der Waals surface area contributed by atoms with Gasteiger partial charge in [-0.1, -0.05) is 44.0 Å². The van der Waals surface area contributed by atoms with Crippen molar-refractivity contribution in [2.45, 2.75) is 4.83 Å². The van der Waals surface area contributed by atoms with Gasteiger partial charge in [0, 0.05) is 16.2 Å². The number of pyridine rings is 1. The smallest absolute Gasteiger partial charge is 0.180 e. The molecular formula is C13H10Br2N2O. The summed E-state index contributed by atoms with van der Waals surface area (Å²) < 4.78 is 0.877. The van der Waals surface area contributed by atoms with Crippen LogP contribution in [0.2, 0.25) is 0 Å². The number of benzene rings is 1. The second-order valence-electron chi connectivity index (χ2n) is 3.75. The van der Waals surface area contributed by atoms with E-state index in [-0.39, 0.29) is 5.78 Å². The topological polar surface area (TPSA) is 56.0 Å². The predicted octanol–water partition coefficient (Wildman–Crippen LogP) is 3.75. The van der Waals surface area contributed by atoms with Gasteiger partial charge >= 0.3 is 0 Å². The zero-order valence-electron chi connectivity index (χ0n) is 9.31. The molecule has 1 aromatic carbocycles. The molecule has 0 aliphatic heterocycles. The predicted molar refractivity (Wildman–Crippen MR) is 78.8 cm³/mol. The van der Waals surface area contributed by atoms with E-state index in [2.05, 4.69) is 36.8 Å². The Hall–Kier alpha value is -1.20. The van der Waals surface area contributed by atoms with Gasteiger partial charge in [0.25, 0.3) is 0 Å². The van der Waals surface area contributed by atoms with Crippen molar-refractivity contribution < 1.29 is 4.79 Å². The van der Waals surface area contributed by atoms with E-state index in [1.807, 2.05) is 12.1 Å². The lowest BCUT2D eigenvalue weighted by Crippen LogP contribution is -2.07. The Balaban J connectivity index is 2.29. The van der Waals surface area contributed by atoms with Gasteiger partial charge in [0.05, 0.1) is 0 Å². The number of alkyl halides is 1. The van der Waals surface area contributed by atoms with Crippen LogP contribution in [0.4, 0.5) is 5.82 Å². The van der Waals surface area contributed by atoms with Crippen LogP contribution in [-0.2, 0) is 0 Å². The highest BCUT2D eigenvalue weighted by atomic mass is 79.9. The fraction of sp³-hybridized carbons (Fsp3) is 0.0769. The van der Waals surface area contributed by atoms with Crippen molar-refractivity contribution in [3.8, 4) is 0 Å². The molecule has 0 fully saturated rings. The van der Waals surface area contributed by atoms with E-state index in [4.69, 9.17) is 5.73 Å². The molecule has 18 heavy (non-hydrogen) atoms. The highest BCUT2D eigenvalue weighted by molar-refractivity contribution is 9.10. The number of ketones is 1. The molecule has 0 radical (unpaired) electrons. The molecule has 0 saturated carbocycles. The van der Waals surface area contributed by atoms with E-state index in [1.54, 1.807) is 30.5 Å². The largest absolute Gasteiger partial charge is 0.384 e. The van der Waals surface area contributed by atoms with Gasteiger partial charge in [0.1, 0.15) is 10.6 Å². The minimum Gasteiger partial charge on any atom is -0.384 e. The van der Waals surface area contributed by atoms with Crippen LogP contribution in [0.15, 0.2) is 47.1 Å². The van der Waals surface area contributed by atoms with E-state index in [0.29, 0.717) is 11.4 Å². The van der Waals surface area contributed by atoms with Crippen LogP contribution < -0.4 is 5.73 Å². The van der Waals surface area contributed by atoms with E-state index < -0.39 is 4.83 Å². The summed E-state index contributed by atoms with van der Waals surface area (Å²) in [5, 5.41) is 0. The van der Waals surface area contributed by atoms with Gasteiger partial charge in [-0.15, -0.1) is 0 Å². The lowest BCUT2D eigenvalue weighted by atomic mass is 10.0. The Morgan fingerprint density at radius 1 is 1.28 bits per heavy atom. The first-order valence-electron chi connectivity index (χ1n) is 5.23. The Labute approximate surface area is 122 Å². The third kappa shape index (κ3) is 2.97. The molecule has 0 unspecified atom stereocenters.